The Morgan fingerprint density at radius 1 is 0.750 bits per heavy atom. The Morgan fingerprint density at radius 3 is 1.97 bits per heavy atom. The van der Waals surface area contributed by atoms with Crippen LogP contribution in [0.3, 0.4) is 0 Å². The van der Waals surface area contributed by atoms with E-state index in [1.165, 1.54) is 0 Å². The van der Waals surface area contributed by atoms with Gasteiger partial charge in [-0.3, -0.25) is 0 Å². The van der Waals surface area contributed by atoms with Gasteiger partial charge in [0, 0.05) is 17.2 Å². The van der Waals surface area contributed by atoms with Crippen molar-refractivity contribution < 1.29 is 14.2 Å². The molecule has 0 saturated heterocycles. The summed E-state index contributed by atoms with van der Waals surface area (Å²) >= 11 is 8.88. The van der Waals surface area contributed by atoms with Gasteiger partial charge in [-0.2, -0.15) is 4.98 Å². The van der Waals surface area contributed by atoms with Crippen molar-refractivity contribution in [3.63, 3.8) is 0 Å². The number of hydrogen-bond acceptors (Lipinski definition) is 4. The Bertz CT molecular complexity index is 1190. The first-order valence-electron chi connectivity index (χ1n) is 10.0. The molecule has 1 heterocycles. The minimum atomic E-state index is 0.377. The minimum Gasteiger partial charge on any atom is -0.494 e. The summed E-state index contributed by atoms with van der Waals surface area (Å²) < 4.78 is 18.5. The van der Waals surface area contributed by atoms with Gasteiger partial charge in [0.1, 0.15) is 13.2 Å². The Kier molecular flexibility index (Phi) is 7.50. The van der Waals surface area contributed by atoms with E-state index in [9.17, 15) is 0 Å². The molecular weight excluding hydrogens is 537 g/mol. The maximum absolute atomic E-state index is 6.67. The van der Waals surface area contributed by atoms with Crippen molar-refractivity contribution in [1.29, 1.82) is 0 Å². The van der Waals surface area contributed by atoms with Crippen LogP contribution in [0.1, 0.15) is 11.1 Å². The predicted octanol–water partition coefficient (Wildman–Crippen LogP) is 7.17. The van der Waals surface area contributed by atoms with Gasteiger partial charge in [-0.1, -0.05) is 78.3 Å². The van der Waals surface area contributed by atoms with E-state index in [1.54, 1.807) is 7.11 Å². The lowest BCUT2D eigenvalue weighted by atomic mass is 10.1. The van der Waals surface area contributed by atoms with Gasteiger partial charge < -0.3 is 14.2 Å². The molecule has 0 aliphatic carbocycles. The van der Waals surface area contributed by atoms with Gasteiger partial charge in [-0.25, -0.2) is 0 Å². The molecule has 0 bridgehead atoms. The highest BCUT2D eigenvalue weighted by Gasteiger charge is 2.18. The third kappa shape index (κ3) is 5.34. The highest BCUT2D eigenvalue weighted by Crippen LogP contribution is 2.42. The van der Waals surface area contributed by atoms with E-state index in [0.717, 1.165) is 25.8 Å². The number of pyridine rings is 1. The van der Waals surface area contributed by atoms with Gasteiger partial charge in [0.05, 0.1) is 15.7 Å². The molecule has 0 radical (unpaired) electrons. The van der Waals surface area contributed by atoms with Crippen molar-refractivity contribution in [3.8, 4) is 28.6 Å². The number of aromatic nitrogens is 1. The lowest BCUT2D eigenvalue weighted by Gasteiger charge is -2.16. The quantitative estimate of drug-likeness (QED) is 0.215. The largest absolute Gasteiger partial charge is 0.494 e. The molecule has 0 aliphatic heterocycles. The maximum atomic E-state index is 6.67. The number of methoxy groups -OCH3 is 1. The summed E-state index contributed by atoms with van der Waals surface area (Å²) in [7, 11) is 1.61. The average molecular weight is 558 g/mol. The van der Waals surface area contributed by atoms with E-state index in [4.69, 9.17) is 25.8 Å². The van der Waals surface area contributed by atoms with Crippen molar-refractivity contribution in [2.24, 2.45) is 0 Å². The molecule has 0 unspecified atom stereocenters. The summed E-state index contributed by atoms with van der Waals surface area (Å²) in [5.41, 5.74) is 3.67. The Labute approximate surface area is 206 Å². The number of halogens is 2. The van der Waals surface area contributed by atoms with Crippen LogP contribution in [0, 0.1) is 3.57 Å². The topological polar surface area (TPSA) is 40.6 Å². The fourth-order valence-corrected chi connectivity index (χ4v) is 4.38. The van der Waals surface area contributed by atoms with Crippen LogP contribution in [-0.2, 0) is 13.2 Å². The highest BCUT2D eigenvalue weighted by atomic mass is 127. The molecule has 4 rings (SSSR count). The molecule has 0 saturated carbocycles. The summed E-state index contributed by atoms with van der Waals surface area (Å²) in [4.78, 5) is 4.65. The highest BCUT2D eigenvalue weighted by molar-refractivity contribution is 14.1. The molecule has 3 aromatic carbocycles. The first-order valence-corrected chi connectivity index (χ1v) is 11.5. The van der Waals surface area contributed by atoms with Crippen LogP contribution in [0.5, 0.6) is 17.5 Å². The van der Waals surface area contributed by atoms with Crippen molar-refractivity contribution in [2.75, 3.05) is 7.11 Å². The smallest absolute Gasteiger partial charge is 0.225 e. The van der Waals surface area contributed by atoms with Gasteiger partial charge in [0.15, 0.2) is 5.75 Å². The monoisotopic (exact) mass is 557 g/mol. The van der Waals surface area contributed by atoms with Crippen LogP contribution < -0.4 is 14.2 Å². The lowest BCUT2D eigenvalue weighted by molar-refractivity contribution is 0.268. The number of hydrogen-bond donors (Lipinski definition) is 0. The van der Waals surface area contributed by atoms with Crippen LogP contribution in [0.4, 0.5) is 0 Å². The van der Waals surface area contributed by atoms with E-state index in [-0.39, 0.29) is 0 Å². The Morgan fingerprint density at radius 2 is 1.34 bits per heavy atom. The van der Waals surface area contributed by atoms with Crippen molar-refractivity contribution in [1.82, 2.24) is 4.98 Å². The molecule has 0 aliphatic rings. The minimum absolute atomic E-state index is 0.377. The number of benzene rings is 3. The zero-order chi connectivity index (χ0) is 22.3. The SMILES string of the molecule is COc1c(I)ccc(-c2ccc(OCc3ccccc3)nc2OCc2ccccc2)c1Cl. The van der Waals surface area contributed by atoms with E-state index >= 15 is 0 Å². The van der Waals surface area contributed by atoms with Crippen molar-refractivity contribution in [2.45, 2.75) is 13.2 Å². The zero-order valence-corrected chi connectivity index (χ0v) is 20.3. The van der Waals surface area contributed by atoms with Gasteiger partial charge in [0.2, 0.25) is 11.8 Å². The first-order chi connectivity index (χ1) is 15.7. The molecular formula is C26H21ClINO3. The van der Waals surface area contributed by atoms with E-state index in [0.29, 0.717) is 35.7 Å². The summed E-state index contributed by atoms with van der Waals surface area (Å²) in [6, 6.07) is 27.6. The summed E-state index contributed by atoms with van der Waals surface area (Å²) in [6.45, 7) is 0.797. The molecule has 0 amide bonds. The number of rotatable bonds is 8. The van der Waals surface area contributed by atoms with Crippen LogP contribution >= 0.6 is 34.2 Å². The predicted molar refractivity (Wildman–Crippen MR) is 135 cm³/mol. The third-order valence-electron chi connectivity index (χ3n) is 4.83. The summed E-state index contributed by atoms with van der Waals surface area (Å²) in [6.07, 6.45) is 0. The van der Waals surface area contributed by atoms with Crippen LogP contribution in [-0.4, -0.2) is 12.1 Å². The normalized spacial score (nSPS) is 10.6. The molecule has 1 aromatic heterocycles. The van der Waals surface area contributed by atoms with Crippen LogP contribution in [0.2, 0.25) is 5.02 Å². The summed E-state index contributed by atoms with van der Waals surface area (Å²) in [5, 5.41) is 0.517. The lowest BCUT2D eigenvalue weighted by Crippen LogP contribution is -2.03. The van der Waals surface area contributed by atoms with Crippen LogP contribution in [0.25, 0.3) is 11.1 Å². The molecule has 0 N–H and O–H groups in total. The van der Waals surface area contributed by atoms with Gasteiger partial charge in [-0.15, -0.1) is 0 Å². The fourth-order valence-electron chi connectivity index (χ4n) is 3.20. The second-order valence-electron chi connectivity index (χ2n) is 6.99. The molecule has 4 nitrogen and oxygen atoms in total. The van der Waals surface area contributed by atoms with E-state index in [1.807, 2.05) is 84.9 Å². The first kappa shape index (κ1) is 22.4. The van der Waals surface area contributed by atoms with Crippen molar-refractivity contribution >= 4 is 34.2 Å². The molecule has 32 heavy (non-hydrogen) atoms. The maximum Gasteiger partial charge on any atom is 0.225 e. The van der Waals surface area contributed by atoms with E-state index < -0.39 is 0 Å². The summed E-state index contributed by atoms with van der Waals surface area (Å²) in [5.74, 6) is 1.56. The third-order valence-corrected chi connectivity index (χ3v) is 6.05. The molecule has 0 atom stereocenters. The molecule has 6 heteroatoms. The number of nitrogens with zero attached hydrogens (tertiary/aromatic N) is 1. The second-order valence-corrected chi connectivity index (χ2v) is 8.53. The average Bonchev–Trinajstić information content (AvgIpc) is 2.83. The van der Waals surface area contributed by atoms with Gasteiger partial charge in [-0.05, 0) is 45.9 Å². The Balaban J connectivity index is 1.67. The second kappa shape index (κ2) is 10.7. The number of ether oxygens (including phenoxy) is 3. The standard InChI is InChI=1S/C26H21ClINO3/c1-30-25-22(28)14-12-20(24(25)27)21-13-15-23(31-16-18-8-4-2-5-9-18)29-26(21)32-17-19-10-6-3-7-11-19/h2-15H,16-17H2,1H3. The molecule has 4 aromatic rings. The molecule has 162 valence electrons. The van der Waals surface area contributed by atoms with Gasteiger partial charge >= 0.3 is 0 Å². The fraction of sp³-hybridized carbons (Fsp3) is 0.115. The van der Waals surface area contributed by atoms with Gasteiger partial charge in [0.25, 0.3) is 0 Å². The van der Waals surface area contributed by atoms with Crippen molar-refractivity contribution in [3.05, 3.63) is 105 Å². The molecule has 0 spiro atoms. The van der Waals surface area contributed by atoms with Crippen LogP contribution in [0.15, 0.2) is 84.9 Å². The van der Waals surface area contributed by atoms with E-state index in [2.05, 4.69) is 27.6 Å². The molecule has 0 fully saturated rings. The Hall–Kier alpha value is -2.77. The zero-order valence-electron chi connectivity index (χ0n) is 17.4.